The summed E-state index contributed by atoms with van der Waals surface area (Å²) < 4.78 is 7.06. The van der Waals surface area contributed by atoms with Gasteiger partial charge in [-0.2, -0.15) is 5.10 Å². The second kappa shape index (κ2) is 6.81. The van der Waals surface area contributed by atoms with Crippen molar-refractivity contribution in [3.05, 3.63) is 77.2 Å². The molecule has 6 heteroatoms. The fourth-order valence-electron chi connectivity index (χ4n) is 4.13. The van der Waals surface area contributed by atoms with Gasteiger partial charge >= 0.3 is 0 Å². The Kier molecular flexibility index (Phi) is 4.12. The summed E-state index contributed by atoms with van der Waals surface area (Å²) in [7, 11) is 1.65. The van der Waals surface area contributed by atoms with Crippen LogP contribution in [0.5, 0.6) is 5.75 Å². The molecule has 0 aliphatic heterocycles. The monoisotopic (exact) mass is 384 g/mol. The van der Waals surface area contributed by atoms with Crippen LogP contribution >= 0.6 is 0 Å². The maximum atomic E-state index is 12.8. The van der Waals surface area contributed by atoms with E-state index in [1.807, 2.05) is 66.0 Å². The first kappa shape index (κ1) is 17.6. The summed E-state index contributed by atoms with van der Waals surface area (Å²) in [6.45, 7) is 1.97. The van der Waals surface area contributed by atoms with Crippen molar-refractivity contribution >= 4 is 11.4 Å². The first-order valence-corrected chi connectivity index (χ1v) is 9.63. The Morgan fingerprint density at radius 1 is 1.00 bits per heavy atom. The minimum absolute atomic E-state index is 0.0101. The molecule has 1 atom stereocenters. The van der Waals surface area contributed by atoms with Crippen LogP contribution in [0.4, 0.5) is 0 Å². The largest absolute Gasteiger partial charge is 0.497 e. The third-order valence-corrected chi connectivity index (χ3v) is 5.60. The van der Waals surface area contributed by atoms with Gasteiger partial charge in [-0.25, -0.2) is 4.52 Å². The van der Waals surface area contributed by atoms with E-state index in [2.05, 4.69) is 10.2 Å². The number of rotatable bonds is 3. The molecule has 2 aromatic carbocycles. The van der Waals surface area contributed by atoms with Crippen molar-refractivity contribution in [3.8, 4) is 16.9 Å². The molecular formula is C23H20N4O2. The number of hydrogen-bond donors (Lipinski definition) is 0. The average Bonchev–Trinajstić information content (AvgIpc) is 3.10. The predicted octanol–water partition coefficient (Wildman–Crippen LogP) is 4.02. The molecule has 0 saturated heterocycles. The molecule has 1 aliphatic carbocycles. The van der Waals surface area contributed by atoms with Gasteiger partial charge in [-0.05, 0) is 42.5 Å². The Hall–Kier alpha value is -3.54. The lowest BCUT2D eigenvalue weighted by molar-refractivity contribution is 0.0955. The van der Waals surface area contributed by atoms with Gasteiger partial charge in [0.25, 0.3) is 0 Å². The number of nitrogens with zero attached hydrogens (tertiary/aromatic N) is 4. The third kappa shape index (κ3) is 2.88. The van der Waals surface area contributed by atoms with Crippen LogP contribution in [-0.2, 0) is 6.42 Å². The molecule has 0 bridgehead atoms. The molecule has 144 valence electrons. The van der Waals surface area contributed by atoms with Crippen LogP contribution in [0.2, 0.25) is 0 Å². The lowest BCUT2D eigenvalue weighted by atomic mass is 9.83. The Labute approximate surface area is 168 Å². The van der Waals surface area contributed by atoms with E-state index in [1.165, 1.54) is 0 Å². The van der Waals surface area contributed by atoms with Crippen LogP contribution in [0.1, 0.15) is 39.8 Å². The SMILES string of the molecule is COc1ccc([C@H]2CC(=O)c3nnc4c(-c5ccccc5)c(C)nn4c3C2)cc1. The normalized spacial score (nSPS) is 16.1. The van der Waals surface area contributed by atoms with Crippen molar-refractivity contribution in [3.63, 3.8) is 0 Å². The molecule has 0 unspecified atom stereocenters. The summed E-state index contributed by atoms with van der Waals surface area (Å²) in [5, 5.41) is 13.4. The molecule has 5 rings (SSSR count). The summed E-state index contributed by atoms with van der Waals surface area (Å²) in [4.78, 5) is 12.8. The van der Waals surface area contributed by atoms with E-state index in [0.29, 0.717) is 24.2 Å². The van der Waals surface area contributed by atoms with E-state index in [0.717, 1.165) is 33.8 Å². The molecular weight excluding hydrogens is 364 g/mol. The Balaban J connectivity index is 1.62. The van der Waals surface area contributed by atoms with Crippen LogP contribution in [0.25, 0.3) is 16.8 Å². The minimum atomic E-state index is 0.0101. The minimum Gasteiger partial charge on any atom is -0.497 e. The van der Waals surface area contributed by atoms with E-state index in [9.17, 15) is 4.79 Å². The number of benzene rings is 2. The standard InChI is InChI=1S/C23H20N4O2/c1-14-21(16-6-4-3-5-7-16)23-25-24-22-19(27(23)26-14)12-17(13-20(22)28)15-8-10-18(29-2)11-9-15/h3-11,17H,12-13H2,1-2H3/t17-/m1/s1. The zero-order chi connectivity index (χ0) is 20.0. The number of carbonyl (C=O) groups is 1. The number of carbonyl (C=O) groups excluding carboxylic acids is 1. The van der Waals surface area contributed by atoms with Crippen molar-refractivity contribution < 1.29 is 9.53 Å². The third-order valence-electron chi connectivity index (χ3n) is 5.60. The number of hydrogen-bond acceptors (Lipinski definition) is 5. The van der Waals surface area contributed by atoms with E-state index in [4.69, 9.17) is 9.84 Å². The average molecular weight is 384 g/mol. The van der Waals surface area contributed by atoms with Gasteiger partial charge in [-0.3, -0.25) is 4.79 Å². The number of aryl methyl sites for hydroxylation is 1. The topological polar surface area (TPSA) is 69.4 Å². The van der Waals surface area contributed by atoms with Gasteiger partial charge in [-0.15, -0.1) is 10.2 Å². The molecule has 0 radical (unpaired) electrons. The second-order valence-corrected chi connectivity index (χ2v) is 7.36. The molecule has 0 fully saturated rings. The molecule has 1 aliphatic rings. The predicted molar refractivity (Wildman–Crippen MR) is 109 cm³/mol. The molecule has 2 heterocycles. The first-order chi connectivity index (χ1) is 14.2. The number of aromatic nitrogens is 4. The van der Waals surface area contributed by atoms with Gasteiger partial charge in [0, 0.05) is 6.42 Å². The highest BCUT2D eigenvalue weighted by atomic mass is 16.5. The van der Waals surface area contributed by atoms with E-state index >= 15 is 0 Å². The summed E-state index contributed by atoms with van der Waals surface area (Å²) in [6, 6.07) is 18.0. The number of Topliss-reactive ketones (excluding diaryl/α,β-unsaturated/α-hetero) is 1. The summed E-state index contributed by atoms with van der Waals surface area (Å²) >= 11 is 0. The highest BCUT2D eigenvalue weighted by Crippen LogP contribution is 2.34. The molecule has 2 aromatic heterocycles. The van der Waals surface area contributed by atoms with Gasteiger partial charge in [-0.1, -0.05) is 42.5 Å². The van der Waals surface area contributed by atoms with Crippen molar-refractivity contribution in [2.75, 3.05) is 7.11 Å². The fraction of sp³-hybridized carbons (Fsp3) is 0.217. The van der Waals surface area contributed by atoms with E-state index < -0.39 is 0 Å². The van der Waals surface area contributed by atoms with Gasteiger partial charge in [0.15, 0.2) is 17.1 Å². The van der Waals surface area contributed by atoms with Crippen molar-refractivity contribution in [1.29, 1.82) is 0 Å². The van der Waals surface area contributed by atoms with Gasteiger partial charge in [0.2, 0.25) is 0 Å². The second-order valence-electron chi connectivity index (χ2n) is 7.36. The molecule has 0 N–H and O–H groups in total. The first-order valence-electron chi connectivity index (χ1n) is 9.63. The molecule has 0 spiro atoms. The van der Waals surface area contributed by atoms with Gasteiger partial charge in [0.05, 0.1) is 24.1 Å². The quantitative estimate of drug-likeness (QED) is 0.534. The lowest BCUT2D eigenvalue weighted by Crippen LogP contribution is -2.24. The van der Waals surface area contributed by atoms with Gasteiger partial charge < -0.3 is 4.74 Å². The highest BCUT2D eigenvalue weighted by molar-refractivity contribution is 5.97. The Morgan fingerprint density at radius 2 is 1.76 bits per heavy atom. The molecule has 6 nitrogen and oxygen atoms in total. The fourth-order valence-corrected chi connectivity index (χ4v) is 4.13. The van der Waals surface area contributed by atoms with E-state index in [1.54, 1.807) is 7.11 Å². The lowest BCUT2D eigenvalue weighted by Gasteiger charge is -2.23. The summed E-state index contributed by atoms with van der Waals surface area (Å²) in [5.41, 5.74) is 5.94. The maximum absolute atomic E-state index is 12.8. The van der Waals surface area contributed by atoms with Crippen LogP contribution in [0.15, 0.2) is 54.6 Å². The zero-order valence-electron chi connectivity index (χ0n) is 16.3. The van der Waals surface area contributed by atoms with Crippen LogP contribution in [-0.4, -0.2) is 32.7 Å². The Morgan fingerprint density at radius 3 is 2.48 bits per heavy atom. The van der Waals surface area contributed by atoms with E-state index in [-0.39, 0.29) is 11.7 Å². The molecule has 0 saturated carbocycles. The Bertz CT molecular complexity index is 1210. The van der Waals surface area contributed by atoms with Crippen LogP contribution in [0.3, 0.4) is 0 Å². The smallest absolute Gasteiger partial charge is 0.185 e. The van der Waals surface area contributed by atoms with Crippen molar-refractivity contribution in [2.45, 2.75) is 25.7 Å². The zero-order valence-corrected chi connectivity index (χ0v) is 16.3. The number of fused-ring (bicyclic) bond motifs is 3. The van der Waals surface area contributed by atoms with Crippen LogP contribution < -0.4 is 4.74 Å². The highest BCUT2D eigenvalue weighted by Gasteiger charge is 2.31. The molecule has 29 heavy (non-hydrogen) atoms. The van der Waals surface area contributed by atoms with Crippen molar-refractivity contribution in [1.82, 2.24) is 19.8 Å². The molecule has 0 amide bonds. The maximum Gasteiger partial charge on any atom is 0.185 e. The van der Waals surface area contributed by atoms with Gasteiger partial charge in [0.1, 0.15) is 5.75 Å². The van der Waals surface area contributed by atoms with Crippen LogP contribution in [0, 0.1) is 6.92 Å². The molecule has 4 aromatic rings. The number of ketones is 1. The summed E-state index contributed by atoms with van der Waals surface area (Å²) in [5.74, 6) is 0.897. The number of ether oxygens (including phenoxy) is 1. The number of methoxy groups -OCH3 is 1. The van der Waals surface area contributed by atoms with Crippen molar-refractivity contribution in [2.24, 2.45) is 0 Å². The summed E-state index contributed by atoms with van der Waals surface area (Å²) in [6.07, 6.45) is 1.11.